The number of benzene rings is 1. The highest BCUT2D eigenvalue weighted by Crippen LogP contribution is 2.36. The van der Waals surface area contributed by atoms with E-state index in [0.29, 0.717) is 43.1 Å². The summed E-state index contributed by atoms with van der Waals surface area (Å²) in [6.45, 7) is 2.67. The molecule has 0 unspecified atom stereocenters. The van der Waals surface area contributed by atoms with E-state index >= 15 is 0 Å². The molecular formula is C19H22N2O5S. The number of aromatic nitrogens is 1. The van der Waals surface area contributed by atoms with Crippen molar-refractivity contribution in [2.24, 2.45) is 0 Å². The number of amides is 1. The van der Waals surface area contributed by atoms with E-state index in [-0.39, 0.29) is 17.3 Å². The van der Waals surface area contributed by atoms with Gasteiger partial charge in [0.15, 0.2) is 21.3 Å². The largest absolute Gasteiger partial charge is 0.486 e. The minimum Gasteiger partial charge on any atom is -0.486 e. The van der Waals surface area contributed by atoms with Gasteiger partial charge in [-0.05, 0) is 30.2 Å². The van der Waals surface area contributed by atoms with Crippen LogP contribution < -0.4 is 14.8 Å². The van der Waals surface area contributed by atoms with Crippen molar-refractivity contribution in [1.29, 1.82) is 0 Å². The first-order valence-corrected chi connectivity index (χ1v) is 10.4. The van der Waals surface area contributed by atoms with E-state index in [1.165, 1.54) is 18.3 Å². The van der Waals surface area contributed by atoms with E-state index in [2.05, 4.69) is 10.3 Å². The summed E-state index contributed by atoms with van der Waals surface area (Å²) in [5.74, 6) is 0.750. The molecule has 0 saturated heterocycles. The van der Waals surface area contributed by atoms with Crippen LogP contribution in [0, 0.1) is 0 Å². The van der Waals surface area contributed by atoms with Crippen LogP contribution in [0.3, 0.4) is 0 Å². The molecule has 1 N–H and O–H groups in total. The van der Waals surface area contributed by atoms with Crippen molar-refractivity contribution >= 4 is 15.7 Å². The van der Waals surface area contributed by atoms with Gasteiger partial charge in [0.05, 0.1) is 4.90 Å². The highest BCUT2D eigenvalue weighted by atomic mass is 32.2. The Morgan fingerprint density at radius 3 is 2.70 bits per heavy atom. The lowest BCUT2D eigenvalue weighted by molar-refractivity contribution is -0.121. The number of nitrogens with zero attached hydrogens (tertiary/aromatic N) is 1. The zero-order chi connectivity index (χ0) is 19.3. The van der Waals surface area contributed by atoms with Crippen molar-refractivity contribution in [2.75, 3.05) is 19.8 Å². The van der Waals surface area contributed by atoms with Crippen molar-refractivity contribution in [1.82, 2.24) is 10.3 Å². The van der Waals surface area contributed by atoms with Crippen molar-refractivity contribution in [3.63, 3.8) is 0 Å². The molecule has 7 nitrogen and oxygen atoms in total. The molecule has 2 heterocycles. The third kappa shape index (κ3) is 4.39. The first-order chi connectivity index (χ1) is 13.0. The third-order valence-electron chi connectivity index (χ3n) is 4.23. The fraction of sp³-hybridized carbons (Fsp3) is 0.368. The molecule has 1 aliphatic rings. The van der Waals surface area contributed by atoms with Gasteiger partial charge in [-0.3, -0.25) is 9.78 Å². The Hall–Kier alpha value is -2.61. The van der Waals surface area contributed by atoms with Crippen molar-refractivity contribution < 1.29 is 22.7 Å². The maximum Gasteiger partial charge on any atom is 0.220 e. The number of hydrogen-bond acceptors (Lipinski definition) is 6. The molecule has 1 aromatic heterocycles. The van der Waals surface area contributed by atoms with Crippen LogP contribution in [0.2, 0.25) is 0 Å². The van der Waals surface area contributed by atoms with Crippen LogP contribution in [0.5, 0.6) is 11.5 Å². The minimum absolute atomic E-state index is 0.0265. The van der Waals surface area contributed by atoms with Crippen LogP contribution in [0.4, 0.5) is 0 Å². The van der Waals surface area contributed by atoms with Crippen molar-refractivity contribution in [2.45, 2.75) is 29.9 Å². The fourth-order valence-electron chi connectivity index (χ4n) is 2.86. The molecule has 0 saturated carbocycles. The van der Waals surface area contributed by atoms with Gasteiger partial charge in [0.1, 0.15) is 18.5 Å². The molecule has 1 amide bonds. The molecule has 8 heteroatoms. The summed E-state index contributed by atoms with van der Waals surface area (Å²) in [5.41, 5.74) is 0.518. The Bertz CT molecular complexity index is 900. The van der Waals surface area contributed by atoms with Gasteiger partial charge in [0.2, 0.25) is 5.91 Å². The van der Waals surface area contributed by atoms with Crippen LogP contribution in [0.15, 0.2) is 47.6 Å². The molecule has 144 valence electrons. The Kier molecular flexibility index (Phi) is 5.95. The topological polar surface area (TPSA) is 94.6 Å². The van der Waals surface area contributed by atoms with E-state index in [0.717, 1.165) is 0 Å². The zero-order valence-electron chi connectivity index (χ0n) is 15.1. The highest BCUT2D eigenvalue weighted by molar-refractivity contribution is 7.91. The Balaban J connectivity index is 1.93. The molecule has 0 aliphatic carbocycles. The quantitative estimate of drug-likeness (QED) is 0.779. The predicted molar refractivity (Wildman–Crippen MR) is 99.5 cm³/mol. The smallest absolute Gasteiger partial charge is 0.220 e. The number of ether oxygens (including phenoxy) is 2. The average Bonchev–Trinajstić information content (AvgIpc) is 2.68. The van der Waals surface area contributed by atoms with Crippen LogP contribution in [0.25, 0.3) is 0 Å². The van der Waals surface area contributed by atoms with E-state index < -0.39 is 15.1 Å². The Labute approximate surface area is 158 Å². The second kappa shape index (κ2) is 8.39. The molecule has 0 radical (unpaired) electrons. The first-order valence-electron chi connectivity index (χ1n) is 8.82. The van der Waals surface area contributed by atoms with Gasteiger partial charge in [0, 0.05) is 31.4 Å². The third-order valence-corrected chi connectivity index (χ3v) is 6.33. The minimum atomic E-state index is -3.79. The van der Waals surface area contributed by atoms with E-state index in [4.69, 9.17) is 9.47 Å². The van der Waals surface area contributed by atoms with Gasteiger partial charge in [-0.15, -0.1) is 0 Å². The Morgan fingerprint density at radius 1 is 1.22 bits per heavy atom. The number of fused-ring (bicyclic) bond motifs is 1. The zero-order valence-corrected chi connectivity index (χ0v) is 15.9. The van der Waals surface area contributed by atoms with Gasteiger partial charge in [-0.25, -0.2) is 8.42 Å². The normalized spacial score (nSPS) is 14.4. The summed E-state index contributed by atoms with van der Waals surface area (Å²) < 4.78 is 37.6. The number of hydrogen-bond donors (Lipinski definition) is 1. The lowest BCUT2D eigenvalue weighted by atomic mass is 10.2. The summed E-state index contributed by atoms with van der Waals surface area (Å²) in [6, 6.07) is 7.94. The number of carbonyl (C=O) groups is 1. The lowest BCUT2D eigenvalue weighted by Gasteiger charge is -2.21. The van der Waals surface area contributed by atoms with Gasteiger partial charge >= 0.3 is 0 Å². The van der Waals surface area contributed by atoms with Crippen LogP contribution >= 0.6 is 0 Å². The molecule has 0 fully saturated rings. The monoisotopic (exact) mass is 390 g/mol. The van der Waals surface area contributed by atoms with Gasteiger partial charge in [0.25, 0.3) is 0 Å². The van der Waals surface area contributed by atoms with Crippen LogP contribution in [-0.2, 0) is 14.6 Å². The molecule has 1 aromatic carbocycles. The van der Waals surface area contributed by atoms with E-state index in [9.17, 15) is 13.2 Å². The molecule has 2 aromatic rings. The first kappa shape index (κ1) is 19.2. The maximum absolute atomic E-state index is 13.3. The average molecular weight is 390 g/mol. The molecule has 27 heavy (non-hydrogen) atoms. The molecule has 1 atom stereocenters. The lowest BCUT2D eigenvalue weighted by Crippen LogP contribution is -2.31. The summed E-state index contributed by atoms with van der Waals surface area (Å²) in [4.78, 5) is 16.0. The Morgan fingerprint density at radius 2 is 2.00 bits per heavy atom. The number of carbonyl (C=O) groups excluding carboxylic acids is 1. The molecule has 0 spiro atoms. The molecular weight excluding hydrogens is 368 g/mol. The summed E-state index contributed by atoms with van der Waals surface area (Å²) in [5, 5.41) is 1.77. The number of nitrogens with one attached hydrogen (secondary N) is 1. The number of sulfone groups is 1. The van der Waals surface area contributed by atoms with E-state index in [1.54, 1.807) is 24.4 Å². The summed E-state index contributed by atoms with van der Waals surface area (Å²) in [7, 11) is -3.79. The molecule has 0 bridgehead atoms. The highest BCUT2D eigenvalue weighted by Gasteiger charge is 2.31. The standard InChI is InChI=1S/C19H22N2O5S/c1-2-4-19(22)21-13-18(14-5-3-8-20-12-14)27(23,24)15-6-7-16-17(11-15)26-10-9-25-16/h3,5-8,11-12,18H,2,4,9-10,13H2,1H3,(H,21,22)/t18-/m1/s1. The predicted octanol–water partition coefficient (Wildman–Crippen LogP) is 2.28. The summed E-state index contributed by atoms with van der Waals surface area (Å²) >= 11 is 0. The summed E-state index contributed by atoms with van der Waals surface area (Å²) in [6.07, 6.45) is 4.13. The van der Waals surface area contributed by atoms with Gasteiger partial charge < -0.3 is 14.8 Å². The fourth-order valence-corrected chi connectivity index (χ4v) is 4.52. The van der Waals surface area contributed by atoms with Crippen LogP contribution in [-0.4, -0.2) is 39.1 Å². The molecule has 1 aliphatic heterocycles. The maximum atomic E-state index is 13.3. The van der Waals surface area contributed by atoms with Crippen LogP contribution in [0.1, 0.15) is 30.6 Å². The number of rotatable bonds is 7. The SMILES string of the molecule is CCCC(=O)NC[C@H](c1cccnc1)S(=O)(=O)c1ccc2c(c1)OCCO2. The second-order valence-electron chi connectivity index (χ2n) is 6.18. The molecule has 3 rings (SSSR count). The van der Waals surface area contributed by atoms with Crippen molar-refractivity contribution in [3.05, 3.63) is 48.3 Å². The van der Waals surface area contributed by atoms with Crippen molar-refractivity contribution in [3.8, 4) is 11.5 Å². The number of pyridine rings is 1. The van der Waals surface area contributed by atoms with Gasteiger partial charge in [-0.1, -0.05) is 13.0 Å². The van der Waals surface area contributed by atoms with E-state index in [1.807, 2.05) is 6.92 Å². The second-order valence-corrected chi connectivity index (χ2v) is 8.31. The van der Waals surface area contributed by atoms with Gasteiger partial charge in [-0.2, -0.15) is 0 Å².